The minimum absolute atomic E-state index is 0.142. The number of nitrogens with one attached hydrogen (secondary N) is 1. The number of rotatable bonds is 10. The van der Waals surface area contributed by atoms with Gasteiger partial charge in [-0.3, -0.25) is 0 Å². The Labute approximate surface area is 128 Å². The molecular formula is C17H29NOS. The summed E-state index contributed by atoms with van der Waals surface area (Å²) in [7, 11) is 0. The predicted molar refractivity (Wildman–Crippen MR) is 90.3 cm³/mol. The highest BCUT2D eigenvalue weighted by atomic mass is 32.2. The average molecular weight is 295 g/mol. The number of benzene rings is 1. The highest BCUT2D eigenvalue weighted by molar-refractivity contribution is 7.99. The maximum atomic E-state index is 10.0. The monoisotopic (exact) mass is 295 g/mol. The number of aliphatic hydroxyl groups excluding tert-OH is 1. The average Bonchev–Trinajstić information content (AvgIpc) is 2.46. The maximum Gasteiger partial charge on any atom is 0.0678 e. The van der Waals surface area contributed by atoms with Gasteiger partial charge in [0.1, 0.15) is 0 Å². The Morgan fingerprint density at radius 2 is 1.90 bits per heavy atom. The van der Waals surface area contributed by atoms with Crippen molar-refractivity contribution in [2.75, 3.05) is 18.1 Å². The molecule has 1 aromatic rings. The van der Waals surface area contributed by atoms with E-state index in [-0.39, 0.29) is 12.1 Å². The van der Waals surface area contributed by atoms with Gasteiger partial charge in [0.05, 0.1) is 12.1 Å². The van der Waals surface area contributed by atoms with Crippen LogP contribution in [0.4, 0.5) is 0 Å². The van der Waals surface area contributed by atoms with E-state index in [2.05, 4.69) is 38.2 Å². The minimum atomic E-state index is -0.311. The van der Waals surface area contributed by atoms with Crippen LogP contribution in [0.2, 0.25) is 0 Å². The molecule has 0 aliphatic rings. The molecule has 0 aromatic heterocycles. The molecule has 2 nitrogen and oxygen atoms in total. The van der Waals surface area contributed by atoms with Crippen LogP contribution in [0, 0.1) is 0 Å². The molecule has 1 rings (SSSR count). The topological polar surface area (TPSA) is 32.3 Å². The molecule has 0 aliphatic carbocycles. The molecule has 0 spiro atoms. The number of hydrogen-bond donors (Lipinski definition) is 2. The van der Waals surface area contributed by atoms with E-state index in [1.165, 1.54) is 24.2 Å². The molecule has 0 saturated carbocycles. The van der Waals surface area contributed by atoms with Crippen molar-refractivity contribution in [1.29, 1.82) is 0 Å². The molecule has 0 amide bonds. The Morgan fingerprint density at radius 1 is 1.20 bits per heavy atom. The van der Waals surface area contributed by atoms with E-state index in [0.29, 0.717) is 6.04 Å². The first-order valence-electron chi connectivity index (χ1n) is 7.66. The van der Waals surface area contributed by atoms with Crippen LogP contribution in [-0.4, -0.2) is 29.3 Å². The van der Waals surface area contributed by atoms with E-state index in [4.69, 9.17) is 0 Å². The number of unbranched alkanes of at least 4 members (excludes halogenated alkanes) is 1. The predicted octanol–water partition coefficient (Wildman–Crippen LogP) is 3.80. The third-order valence-corrected chi connectivity index (χ3v) is 4.55. The molecule has 1 unspecified atom stereocenters. The Hall–Kier alpha value is -0.510. The lowest BCUT2D eigenvalue weighted by Crippen LogP contribution is -2.49. The first-order valence-corrected chi connectivity index (χ1v) is 8.82. The molecule has 0 heterocycles. The molecule has 0 radical (unpaired) electrons. The zero-order valence-electron chi connectivity index (χ0n) is 13.1. The van der Waals surface area contributed by atoms with Crippen LogP contribution in [-0.2, 0) is 5.54 Å². The molecule has 0 aliphatic heterocycles. The number of hydrogen-bond acceptors (Lipinski definition) is 3. The maximum absolute atomic E-state index is 10.0. The van der Waals surface area contributed by atoms with E-state index in [1.54, 1.807) is 0 Å². The second kappa shape index (κ2) is 9.43. The van der Waals surface area contributed by atoms with Gasteiger partial charge in [0.25, 0.3) is 0 Å². The van der Waals surface area contributed by atoms with Gasteiger partial charge in [-0.1, -0.05) is 43.7 Å². The summed E-state index contributed by atoms with van der Waals surface area (Å²) < 4.78 is 0. The summed E-state index contributed by atoms with van der Waals surface area (Å²) >= 11 is 1.99. The fourth-order valence-corrected chi connectivity index (χ4v) is 3.61. The van der Waals surface area contributed by atoms with Crippen LogP contribution in [0.25, 0.3) is 0 Å². The van der Waals surface area contributed by atoms with Crippen molar-refractivity contribution in [2.24, 2.45) is 0 Å². The zero-order valence-corrected chi connectivity index (χ0v) is 13.9. The highest BCUT2D eigenvalue weighted by Gasteiger charge is 2.31. The minimum Gasteiger partial charge on any atom is -0.394 e. The van der Waals surface area contributed by atoms with E-state index in [9.17, 15) is 5.11 Å². The summed E-state index contributed by atoms with van der Waals surface area (Å²) in [5.74, 6) is 2.30. The van der Waals surface area contributed by atoms with Crippen LogP contribution < -0.4 is 5.32 Å². The molecule has 3 heteroatoms. The van der Waals surface area contributed by atoms with Crippen molar-refractivity contribution in [3.05, 3.63) is 35.9 Å². The van der Waals surface area contributed by atoms with Gasteiger partial charge in [0, 0.05) is 6.04 Å². The van der Waals surface area contributed by atoms with E-state index >= 15 is 0 Å². The van der Waals surface area contributed by atoms with Crippen molar-refractivity contribution < 1.29 is 5.11 Å². The third kappa shape index (κ3) is 5.47. The summed E-state index contributed by atoms with van der Waals surface area (Å²) in [6, 6.07) is 10.7. The summed E-state index contributed by atoms with van der Waals surface area (Å²) in [4.78, 5) is 0. The van der Waals surface area contributed by atoms with Gasteiger partial charge in [-0.25, -0.2) is 0 Å². The van der Waals surface area contributed by atoms with Gasteiger partial charge in [0.15, 0.2) is 0 Å². The SMILES string of the molecule is CCCCSCCC(CO)(NC(C)C)c1ccccc1. The molecule has 0 fully saturated rings. The Balaban J connectivity index is 2.73. The first kappa shape index (κ1) is 17.5. The lowest BCUT2D eigenvalue weighted by atomic mass is 9.87. The molecule has 1 aromatic carbocycles. The lowest BCUT2D eigenvalue weighted by molar-refractivity contribution is 0.147. The molecule has 1 atom stereocenters. The van der Waals surface area contributed by atoms with E-state index in [1.807, 2.05) is 30.0 Å². The molecule has 0 saturated heterocycles. The molecule has 2 N–H and O–H groups in total. The second-order valence-corrected chi connectivity index (χ2v) is 6.85. The smallest absolute Gasteiger partial charge is 0.0678 e. The Bertz CT molecular complexity index is 355. The van der Waals surface area contributed by atoms with Crippen LogP contribution in [0.3, 0.4) is 0 Å². The van der Waals surface area contributed by atoms with Gasteiger partial charge >= 0.3 is 0 Å². The number of thioether (sulfide) groups is 1. The Kier molecular flexibility index (Phi) is 8.27. The van der Waals surface area contributed by atoms with Gasteiger partial charge < -0.3 is 10.4 Å². The fourth-order valence-electron chi connectivity index (χ4n) is 2.42. The van der Waals surface area contributed by atoms with Crippen LogP contribution >= 0.6 is 11.8 Å². The summed E-state index contributed by atoms with van der Waals surface area (Å²) in [6.07, 6.45) is 3.49. The van der Waals surface area contributed by atoms with Gasteiger partial charge in [-0.15, -0.1) is 0 Å². The molecular weight excluding hydrogens is 266 g/mol. The Morgan fingerprint density at radius 3 is 2.45 bits per heavy atom. The van der Waals surface area contributed by atoms with Crippen molar-refractivity contribution >= 4 is 11.8 Å². The largest absolute Gasteiger partial charge is 0.394 e. The third-order valence-electron chi connectivity index (χ3n) is 3.48. The van der Waals surface area contributed by atoms with Gasteiger partial charge in [0.2, 0.25) is 0 Å². The standard InChI is InChI=1S/C17H29NOS/c1-4-5-12-20-13-11-17(14-19,18-15(2)3)16-9-7-6-8-10-16/h6-10,15,18-19H,4-5,11-14H2,1-3H3. The zero-order chi connectivity index (χ0) is 14.8. The lowest BCUT2D eigenvalue weighted by Gasteiger charge is -2.36. The van der Waals surface area contributed by atoms with E-state index < -0.39 is 0 Å². The quantitative estimate of drug-likeness (QED) is 0.644. The van der Waals surface area contributed by atoms with Crippen molar-refractivity contribution in [3.8, 4) is 0 Å². The molecule has 20 heavy (non-hydrogen) atoms. The summed E-state index contributed by atoms with van der Waals surface area (Å²) in [6.45, 7) is 6.64. The van der Waals surface area contributed by atoms with Crippen LogP contribution in [0.1, 0.15) is 45.6 Å². The highest BCUT2D eigenvalue weighted by Crippen LogP contribution is 2.27. The first-order chi connectivity index (χ1) is 9.64. The van der Waals surface area contributed by atoms with Crippen molar-refractivity contribution in [1.82, 2.24) is 5.32 Å². The van der Waals surface area contributed by atoms with Crippen molar-refractivity contribution in [2.45, 2.75) is 51.6 Å². The van der Waals surface area contributed by atoms with Crippen molar-refractivity contribution in [3.63, 3.8) is 0 Å². The second-order valence-electron chi connectivity index (χ2n) is 5.62. The fraction of sp³-hybridized carbons (Fsp3) is 0.647. The molecule has 0 bridgehead atoms. The van der Waals surface area contributed by atoms with E-state index in [0.717, 1.165) is 12.2 Å². The molecule has 114 valence electrons. The number of aliphatic hydroxyl groups is 1. The summed E-state index contributed by atoms with van der Waals surface area (Å²) in [5.41, 5.74) is 0.876. The van der Waals surface area contributed by atoms with Gasteiger partial charge in [-0.2, -0.15) is 11.8 Å². The summed E-state index contributed by atoms with van der Waals surface area (Å²) in [5, 5.41) is 13.6. The normalized spacial score (nSPS) is 14.4. The van der Waals surface area contributed by atoms with Crippen LogP contribution in [0.15, 0.2) is 30.3 Å². The van der Waals surface area contributed by atoms with Gasteiger partial charge in [-0.05, 0) is 43.8 Å². The van der Waals surface area contributed by atoms with Crippen LogP contribution in [0.5, 0.6) is 0 Å².